The Labute approximate surface area is 173 Å². The molecule has 2 atom stereocenters. The van der Waals surface area contributed by atoms with Crippen molar-refractivity contribution in [3.8, 4) is 0 Å². The minimum absolute atomic E-state index is 0.0215. The van der Waals surface area contributed by atoms with Crippen molar-refractivity contribution in [2.24, 2.45) is 0 Å². The molecule has 0 amide bonds. The Kier molecular flexibility index (Phi) is 4.17. The van der Waals surface area contributed by atoms with Gasteiger partial charge in [0.25, 0.3) is 5.79 Å². The van der Waals surface area contributed by atoms with Gasteiger partial charge in [-0.25, -0.2) is 14.2 Å². The van der Waals surface area contributed by atoms with Gasteiger partial charge < -0.3 is 9.47 Å². The van der Waals surface area contributed by atoms with Crippen molar-refractivity contribution >= 4 is 46.4 Å². The van der Waals surface area contributed by atoms with Crippen LogP contribution in [0.4, 0.5) is 0 Å². The minimum atomic E-state index is -1.95. The summed E-state index contributed by atoms with van der Waals surface area (Å²) in [4.78, 5) is 22.3. The van der Waals surface area contributed by atoms with E-state index in [-0.39, 0.29) is 16.6 Å². The van der Waals surface area contributed by atoms with Gasteiger partial charge in [0.05, 0.1) is 16.6 Å². The maximum atomic E-state index is 13.1. The number of halogens is 4. The van der Waals surface area contributed by atoms with Crippen LogP contribution in [-0.2, 0) is 26.0 Å². The van der Waals surface area contributed by atoms with Crippen molar-refractivity contribution in [3.63, 3.8) is 0 Å². The summed E-state index contributed by atoms with van der Waals surface area (Å²) in [5, 5.41) is -0.299. The maximum absolute atomic E-state index is 13.1. The van der Waals surface area contributed by atoms with Gasteiger partial charge in [-0.05, 0) is 5.56 Å². The third-order valence-corrected chi connectivity index (χ3v) is 7.42. The third-order valence-electron chi connectivity index (χ3n) is 5.01. The quantitative estimate of drug-likeness (QED) is 0.527. The zero-order chi connectivity index (χ0) is 19.8. The predicted octanol–water partition coefficient (Wildman–Crippen LogP) is 2.35. The summed E-state index contributed by atoms with van der Waals surface area (Å²) >= 11 is 26.2. The summed E-state index contributed by atoms with van der Waals surface area (Å²) in [5.41, 5.74) is -0.694. The summed E-state index contributed by atoms with van der Waals surface area (Å²) < 4.78 is 13.8. The first-order chi connectivity index (χ1) is 12.7. The van der Waals surface area contributed by atoms with Crippen LogP contribution < -0.4 is 11.4 Å². The van der Waals surface area contributed by atoms with Crippen LogP contribution in [-0.4, -0.2) is 33.9 Å². The van der Waals surface area contributed by atoms with Crippen LogP contribution in [0.1, 0.15) is 5.56 Å². The molecule has 11 heteroatoms. The standard InChI is InChI=1S/C16H13Cl4N3O4/c1-26-16(27-2)14(19)10(17)11(18)15(16,20)23-13(25)21(12(24)22(14)23)8-9-6-4-3-5-7-9/h3-7H,8H2,1-2H3/t14-,15-/m1/s1. The molecule has 2 aromatic rings. The fraction of sp³-hybridized carbons (Fsp3) is 0.375. The van der Waals surface area contributed by atoms with E-state index in [1.54, 1.807) is 24.3 Å². The van der Waals surface area contributed by atoms with Crippen molar-refractivity contribution in [3.05, 3.63) is 66.9 Å². The maximum Gasteiger partial charge on any atom is 0.349 e. The van der Waals surface area contributed by atoms with E-state index in [0.29, 0.717) is 0 Å². The Morgan fingerprint density at radius 2 is 1.33 bits per heavy atom. The first-order valence-corrected chi connectivity index (χ1v) is 9.27. The number of ether oxygens (including phenoxy) is 2. The second-order valence-corrected chi connectivity index (χ2v) is 8.01. The lowest BCUT2D eigenvalue weighted by atomic mass is 10.1. The van der Waals surface area contributed by atoms with E-state index in [4.69, 9.17) is 55.9 Å². The van der Waals surface area contributed by atoms with Crippen molar-refractivity contribution in [2.75, 3.05) is 14.2 Å². The van der Waals surface area contributed by atoms with E-state index in [1.165, 1.54) is 14.2 Å². The number of benzene rings is 1. The zero-order valence-electron chi connectivity index (χ0n) is 14.1. The van der Waals surface area contributed by atoms with Crippen molar-refractivity contribution in [2.45, 2.75) is 22.3 Å². The van der Waals surface area contributed by atoms with Crippen LogP contribution in [0.25, 0.3) is 0 Å². The number of alkyl halides is 2. The van der Waals surface area contributed by atoms with Crippen LogP contribution in [0.2, 0.25) is 0 Å². The van der Waals surface area contributed by atoms with Gasteiger partial charge in [-0.15, -0.1) is 0 Å². The minimum Gasteiger partial charge on any atom is -0.347 e. The summed E-state index contributed by atoms with van der Waals surface area (Å²) in [5.74, 6) is -1.90. The van der Waals surface area contributed by atoms with Crippen molar-refractivity contribution in [1.82, 2.24) is 13.9 Å². The van der Waals surface area contributed by atoms with Crippen molar-refractivity contribution in [1.29, 1.82) is 0 Å². The second kappa shape index (κ2) is 5.89. The molecule has 4 rings (SSSR count). The molecule has 0 radical (unpaired) electrons. The first-order valence-electron chi connectivity index (χ1n) is 7.76. The van der Waals surface area contributed by atoms with Gasteiger partial charge in [0.2, 0.25) is 10.00 Å². The molecule has 0 spiro atoms. The van der Waals surface area contributed by atoms with E-state index in [9.17, 15) is 9.59 Å². The number of aromatic nitrogens is 3. The van der Waals surface area contributed by atoms with Gasteiger partial charge in [0.1, 0.15) is 0 Å². The lowest BCUT2D eigenvalue weighted by molar-refractivity contribution is -0.240. The van der Waals surface area contributed by atoms with Crippen LogP contribution in [0.5, 0.6) is 0 Å². The van der Waals surface area contributed by atoms with E-state index < -0.39 is 27.2 Å². The molecule has 144 valence electrons. The molecule has 0 unspecified atom stereocenters. The molecule has 7 nitrogen and oxygen atoms in total. The van der Waals surface area contributed by atoms with Crippen LogP contribution in [0.15, 0.2) is 50.0 Å². The summed E-state index contributed by atoms with van der Waals surface area (Å²) in [6, 6.07) is 9.00. The number of methoxy groups -OCH3 is 2. The molecule has 0 saturated heterocycles. The Morgan fingerprint density at radius 3 is 1.74 bits per heavy atom. The summed E-state index contributed by atoms with van der Waals surface area (Å²) in [6.07, 6.45) is 0. The molecule has 2 heterocycles. The molecular weight excluding hydrogens is 440 g/mol. The van der Waals surface area contributed by atoms with E-state index in [1.807, 2.05) is 6.07 Å². The van der Waals surface area contributed by atoms with Crippen LogP contribution in [0.3, 0.4) is 0 Å². The van der Waals surface area contributed by atoms with Crippen LogP contribution in [0, 0.1) is 0 Å². The van der Waals surface area contributed by atoms with Gasteiger partial charge in [0.15, 0.2) is 0 Å². The van der Waals surface area contributed by atoms with Gasteiger partial charge in [-0.1, -0.05) is 76.7 Å². The van der Waals surface area contributed by atoms with Crippen LogP contribution >= 0.6 is 46.4 Å². The summed E-state index contributed by atoms with van der Waals surface area (Å²) in [7, 11) is 2.55. The molecule has 1 aliphatic heterocycles. The van der Waals surface area contributed by atoms with Gasteiger partial charge in [-0.3, -0.25) is 0 Å². The average molecular weight is 453 g/mol. The van der Waals surface area contributed by atoms with E-state index in [0.717, 1.165) is 19.5 Å². The molecule has 27 heavy (non-hydrogen) atoms. The molecule has 1 aromatic heterocycles. The highest BCUT2D eigenvalue weighted by Gasteiger charge is 2.82. The number of rotatable bonds is 4. The molecule has 0 fully saturated rings. The second-order valence-electron chi connectivity index (χ2n) is 6.16. The smallest absolute Gasteiger partial charge is 0.347 e. The first kappa shape index (κ1) is 19.1. The monoisotopic (exact) mass is 451 g/mol. The highest BCUT2D eigenvalue weighted by Crippen LogP contribution is 2.68. The average Bonchev–Trinajstić information content (AvgIpc) is 3.08. The highest BCUT2D eigenvalue weighted by molar-refractivity contribution is 6.50. The molecule has 0 N–H and O–H groups in total. The SMILES string of the molecule is COC1(OC)[C@@]2(Cl)C(Cl)=C(Cl)[C@@]1(Cl)n1c(=O)n(Cc3ccccc3)c(=O)n12. The lowest BCUT2D eigenvalue weighted by Gasteiger charge is -2.38. The number of fused-ring (bicyclic) bond motifs is 5. The topological polar surface area (TPSA) is 67.4 Å². The lowest BCUT2D eigenvalue weighted by Crippen LogP contribution is -2.58. The fourth-order valence-corrected chi connectivity index (χ4v) is 5.70. The zero-order valence-corrected chi connectivity index (χ0v) is 17.1. The Bertz CT molecular complexity index is 1030. The van der Waals surface area contributed by atoms with Crippen molar-refractivity contribution < 1.29 is 9.47 Å². The molecular formula is C16H13Cl4N3O4. The van der Waals surface area contributed by atoms with Gasteiger partial charge in [-0.2, -0.15) is 9.36 Å². The Morgan fingerprint density at radius 1 is 0.889 bits per heavy atom. The van der Waals surface area contributed by atoms with E-state index in [2.05, 4.69) is 0 Å². The molecule has 1 aromatic carbocycles. The Hall–Kier alpha value is -1.22. The van der Waals surface area contributed by atoms with E-state index >= 15 is 0 Å². The number of hydrogen-bond donors (Lipinski definition) is 0. The Balaban J connectivity index is 2.03. The van der Waals surface area contributed by atoms with Gasteiger partial charge >= 0.3 is 11.4 Å². The third kappa shape index (κ3) is 1.88. The molecule has 1 aliphatic carbocycles. The largest absolute Gasteiger partial charge is 0.349 e. The molecule has 0 saturated carbocycles. The molecule has 2 aliphatic rings. The predicted molar refractivity (Wildman–Crippen MR) is 102 cm³/mol. The number of hydrogen-bond acceptors (Lipinski definition) is 4. The molecule has 2 bridgehead atoms. The summed E-state index contributed by atoms with van der Waals surface area (Å²) in [6.45, 7) is 0.0215. The van der Waals surface area contributed by atoms with Gasteiger partial charge in [0, 0.05) is 14.2 Å². The highest BCUT2D eigenvalue weighted by atomic mass is 35.5. The number of nitrogens with zero attached hydrogens (tertiary/aromatic N) is 3. The fourth-order valence-electron chi connectivity index (χ4n) is 3.81. The normalized spacial score (nSPS) is 28.1.